The molecule has 0 amide bonds. The minimum Gasteiger partial charge on any atom is -0.493 e. The number of methoxy groups -OCH3 is 2. The Morgan fingerprint density at radius 2 is 1.81 bits per heavy atom. The molecule has 0 aliphatic carbocycles. The Hall–Kier alpha value is -3.01. The molecule has 0 saturated heterocycles. The maximum absolute atomic E-state index is 10.4. The van der Waals surface area contributed by atoms with Crippen molar-refractivity contribution in [3.63, 3.8) is 0 Å². The second-order valence-electron chi connectivity index (χ2n) is 6.62. The highest BCUT2D eigenvalue weighted by molar-refractivity contribution is 6.07. The van der Waals surface area contributed by atoms with E-state index >= 15 is 0 Å². The summed E-state index contributed by atoms with van der Waals surface area (Å²) in [7, 11) is 3.20. The number of ketones is 1. The molecule has 0 radical (unpaired) electrons. The molecule has 0 bridgehead atoms. The fourth-order valence-corrected chi connectivity index (χ4v) is 2.77. The Morgan fingerprint density at radius 1 is 1.04 bits per heavy atom. The van der Waals surface area contributed by atoms with E-state index in [9.17, 15) is 4.79 Å². The van der Waals surface area contributed by atoms with E-state index in [1.807, 2.05) is 68.5 Å². The summed E-state index contributed by atoms with van der Waals surface area (Å²) >= 11 is 0. The van der Waals surface area contributed by atoms with E-state index in [1.54, 1.807) is 20.3 Å². The molecule has 4 heteroatoms. The van der Waals surface area contributed by atoms with Crippen molar-refractivity contribution in [1.82, 2.24) is 0 Å². The lowest BCUT2D eigenvalue weighted by Crippen LogP contribution is -2.27. The van der Waals surface area contributed by atoms with Gasteiger partial charge in [0.15, 0.2) is 11.5 Å². The first kappa shape index (κ1) is 17.8. The third kappa shape index (κ3) is 3.80. The number of hydrogen-bond donors (Lipinski definition) is 0. The average Bonchev–Trinajstić information content (AvgIpc) is 2.64. The topological polar surface area (TPSA) is 49.1 Å². The van der Waals surface area contributed by atoms with Gasteiger partial charge in [-0.15, -0.1) is 0 Å². The molecular formula is C22H23O4+. The summed E-state index contributed by atoms with van der Waals surface area (Å²) in [6.45, 7) is 4.02. The molecule has 2 aromatic rings. The zero-order valence-corrected chi connectivity index (χ0v) is 15.4. The van der Waals surface area contributed by atoms with Crippen molar-refractivity contribution < 1.29 is 19.0 Å². The molecule has 0 fully saturated rings. The smallest absolute Gasteiger partial charge is 0.347 e. The molecule has 26 heavy (non-hydrogen) atoms. The molecule has 134 valence electrons. The molecular weight excluding hydrogens is 328 g/mol. The molecule has 1 aliphatic rings. The first-order chi connectivity index (χ1) is 12.4. The summed E-state index contributed by atoms with van der Waals surface area (Å²) in [5.74, 6) is 2.31. The van der Waals surface area contributed by atoms with E-state index in [0.717, 1.165) is 22.4 Å². The Kier molecular flexibility index (Phi) is 4.85. The number of ether oxygens (including phenoxy) is 3. The third-order valence-electron chi connectivity index (χ3n) is 4.18. The van der Waals surface area contributed by atoms with E-state index in [1.165, 1.54) is 0 Å². The SMILES string of the molecule is COc1ccc(/C=C/C(=[OH+])c2ccc3c(c2)C=CC(C)(C)O3)cc1OC. The quantitative estimate of drug-likeness (QED) is 0.453. The highest BCUT2D eigenvalue weighted by Gasteiger charge is 2.22. The number of hydrogen-bond acceptors (Lipinski definition) is 3. The largest absolute Gasteiger partial charge is 0.493 e. The molecule has 0 saturated carbocycles. The molecule has 0 aromatic heterocycles. The van der Waals surface area contributed by atoms with Gasteiger partial charge in [0.2, 0.25) is 0 Å². The highest BCUT2D eigenvalue weighted by atomic mass is 16.5. The van der Waals surface area contributed by atoms with Crippen LogP contribution in [0.5, 0.6) is 17.2 Å². The molecule has 1 aliphatic heterocycles. The van der Waals surface area contributed by atoms with Crippen molar-refractivity contribution in [2.24, 2.45) is 0 Å². The Labute approximate surface area is 153 Å². The van der Waals surface area contributed by atoms with E-state index < -0.39 is 0 Å². The van der Waals surface area contributed by atoms with Crippen molar-refractivity contribution >= 4 is 17.9 Å². The Morgan fingerprint density at radius 3 is 2.54 bits per heavy atom. The maximum Gasteiger partial charge on any atom is 0.347 e. The lowest BCUT2D eigenvalue weighted by molar-refractivity contribution is 0.159. The standard InChI is InChI=1S/C22H22O4/c1-22(2)12-11-17-14-16(7-10-19(17)26-22)18(23)8-5-15-6-9-20(24-3)21(13-15)25-4/h5-14H,1-4H3/p+1/b8-5+. The normalized spacial score (nSPS) is 14.6. The first-order valence-electron chi connectivity index (χ1n) is 8.40. The van der Waals surface area contributed by atoms with E-state index in [4.69, 9.17) is 14.2 Å². The van der Waals surface area contributed by atoms with Gasteiger partial charge in [0.05, 0.1) is 19.8 Å². The Balaban J connectivity index is 1.79. The summed E-state index contributed by atoms with van der Waals surface area (Å²) in [4.78, 5) is 10.4. The zero-order chi connectivity index (χ0) is 18.7. The second-order valence-corrected chi connectivity index (χ2v) is 6.62. The van der Waals surface area contributed by atoms with Gasteiger partial charge in [-0.1, -0.05) is 12.1 Å². The lowest BCUT2D eigenvalue weighted by Gasteiger charge is -2.27. The van der Waals surface area contributed by atoms with Gasteiger partial charge >= 0.3 is 5.78 Å². The van der Waals surface area contributed by atoms with Gasteiger partial charge in [-0.3, -0.25) is 4.79 Å². The minimum absolute atomic E-state index is 0.181. The predicted octanol–water partition coefficient (Wildman–Crippen LogP) is 4.49. The molecule has 1 heterocycles. The predicted molar refractivity (Wildman–Crippen MR) is 105 cm³/mol. The number of fused-ring (bicyclic) bond motifs is 1. The lowest BCUT2D eigenvalue weighted by atomic mass is 9.99. The molecule has 0 atom stereocenters. The van der Waals surface area contributed by atoms with E-state index in [2.05, 4.69) is 0 Å². The van der Waals surface area contributed by atoms with Crippen LogP contribution in [0.1, 0.15) is 30.5 Å². The first-order valence-corrected chi connectivity index (χ1v) is 8.40. The van der Waals surface area contributed by atoms with Gasteiger partial charge < -0.3 is 14.2 Å². The van der Waals surface area contributed by atoms with Gasteiger partial charge in [-0.25, -0.2) is 0 Å². The maximum atomic E-state index is 10.4. The van der Waals surface area contributed by atoms with Crippen LogP contribution in [0.4, 0.5) is 0 Å². The van der Waals surface area contributed by atoms with Gasteiger partial charge in [-0.2, -0.15) is 0 Å². The number of benzene rings is 2. The van der Waals surface area contributed by atoms with Crippen LogP contribution in [-0.2, 0) is 0 Å². The van der Waals surface area contributed by atoms with Crippen LogP contribution in [0.25, 0.3) is 12.2 Å². The van der Waals surface area contributed by atoms with Crippen LogP contribution in [0.2, 0.25) is 0 Å². The van der Waals surface area contributed by atoms with Crippen molar-refractivity contribution in [1.29, 1.82) is 0 Å². The summed E-state index contributed by atoms with van der Waals surface area (Å²) in [5.41, 5.74) is 2.27. The van der Waals surface area contributed by atoms with E-state index in [0.29, 0.717) is 11.5 Å². The van der Waals surface area contributed by atoms with Gasteiger partial charge in [-0.05, 0) is 61.9 Å². The Bertz CT molecular complexity index is 891. The molecule has 1 N–H and O–H groups in total. The van der Waals surface area contributed by atoms with Crippen molar-refractivity contribution in [3.8, 4) is 17.2 Å². The molecule has 0 spiro atoms. The van der Waals surface area contributed by atoms with Crippen molar-refractivity contribution in [2.45, 2.75) is 19.4 Å². The number of allylic oxidation sites excluding steroid dienone is 1. The zero-order valence-electron chi connectivity index (χ0n) is 15.4. The second kappa shape index (κ2) is 7.08. The number of rotatable bonds is 5. The van der Waals surface area contributed by atoms with E-state index in [-0.39, 0.29) is 11.4 Å². The van der Waals surface area contributed by atoms with Gasteiger partial charge in [0.25, 0.3) is 0 Å². The summed E-state index contributed by atoms with van der Waals surface area (Å²) < 4.78 is 16.4. The fourth-order valence-electron chi connectivity index (χ4n) is 2.77. The molecule has 2 aromatic carbocycles. The fraction of sp³-hybridized carbons (Fsp3) is 0.227. The van der Waals surface area contributed by atoms with Crippen molar-refractivity contribution in [3.05, 3.63) is 65.2 Å². The van der Waals surface area contributed by atoms with Gasteiger partial charge in [0, 0.05) is 11.6 Å². The van der Waals surface area contributed by atoms with Crippen LogP contribution < -0.4 is 14.2 Å². The summed E-state index contributed by atoms with van der Waals surface area (Å²) in [5, 5.41) is 0. The molecule has 4 nitrogen and oxygen atoms in total. The monoisotopic (exact) mass is 351 g/mol. The van der Waals surface area contributed by atoms with Gasteiger partial charge in [0.1, 0.15) is 11.4 Å². The summed E-state index contributed by atoms with van der Waals surface area (Å²) in [6.07, 6.45) is 7.52. The average molecular weight is 351 g/mol. The summed E-state index contributed by atoms with van der Waals surface area (Å²) in [6, 6.07) is 11.2. The number of carbonyl (C=O) groups excluding carboxylic acids is 1. The molecule has 0 unspecified atom stereocenters. The highest BCUT2D eigenvalue weighted by Crippen LogP contribution is 2.31. The van der Waals surface area contributed by atoms with Crippen LogP contribution in [0.15, 0.2) is 48.6 Å². The van der Waals surface area contributed by atoms with Crippen LogP contribution >= 0.6 is 0 Å². The molecule has 3 rings (SSSR count). The van der Waals surface area contributed by atoms with Crippen molar-refractivity contribution in [2.75, 3.05) is 14.2 Å². The minimum atomic E-state index is -0.312. The van der Waals surface area contributed by atoms with Crippen LogP contribution in [-0.4, -0.2) is 30.4 Å². The van der Waals surface area contributed by atoms with Crippen LogP contribution in [0, 0.1) is 0 Å². The third-order valence-corrected chi connectivity index (χ3v) is 4.18. The van der Waals surface area contributed by atoms with Crippen LogP contribution in [0.3, 0.4) is 0 Å².